The van der Waals surface area contributed by atoms with Gasteiger partial charge in [-0.15, -0.1) is 4.31 Å². The highest BCUT2D eigenvalue weighted by Gasteiger charge is 2.36. The Morgan fingerprint density at radius 2 is 1.91 bits per heavy atom. The third kappa shape index (κ3) is 5.47. The Labute approximate surface area is 143 Å². The maximum absolute atomic E-state index is 12.9. The zero-order valence-corrected chi connectivity index (χ0v) is 15.4. The van der Waals surface area contributed by atoms with Gasteiger partial charge >= 0.3 is 0 Å². The summed E-state index contributed by atoms with van der Waals surface area (Å²) in [6.45, 7) is 9.15. The Morgan fingerprint density at radius 1 is 1.26 bits per heavy atom. The number of hydrogen-bond donors (Lipinski definition) is 1. The summed E-state index contributed by atoms with van der Waals surface area (Å²) in [5.74, 6) is 0. The molecule has 2 rings (SSSR count). The second-order valence-corrected chi connectivity index (χ2v) is 9.52. The molecule has 1 saturated heterocycles. The van der Waals surface area contributed by atoms with Crippen LogP contribution in [-0.2, 0) is 22.6 Å². The molecule has 0 aliphatic carbocycles. The lowest BCUT2D eigenvalue weighted by molar-refractivity contribution is -0.111. The smallest absolute Gasteiger partial charge is 0.137 e. The number of aliphatic hydroxyl groups is 1. The summed E-state index contributed by atoms with van der Waals surface area (Å²) in [5, 5.41) is 9.80. The first-order valence-corrected chi connectivity index (χ1v) is 9.42. The molecule has 23 heavy (non-hydrogen) atoms. The van der Waals surface area contributed by atoms with E-state index >= 15 is 0 Å². The van der Waals surface area contributed by atoms with E-state index in [1.807, 2.05) is 50.2 Å². The topological polar surface area (TPSA) is 55.8 Å². The SMILES string of the molecule is CC1OC(CN(Cc2ccccc2)[S+]([O-])C(C)(C)C)CCC1O. The first kappa shape index (κ1) is 18.7. The van der Waals surface area contributed by atoms with Crippen molar-refractivity contribution >= 4 is 11.4 Å². The summed E-state index contributed by atoms with van der Waals surface area (Å²) < 4.78 is 20.5. The van der Waals surface area contributed by atoms with Crippen LogP contribution >= 0.6 is 0 Å². The third-order valence-corrected chi connectivity index (χ3v) is 5.90. The van der Waals surface area contributed by atoms with Crippen molar-refractivity contribution in [2.45, 2.75) is 70.1 Å². The Balaban J connectivity index is 2.07. The van der Waals surface area contributed by atoms with Crippen molar-refractivity contribution in [3.05, 3.63) is 35.9 Å². The van der Waals surface area contributed by atoms with Crippen LogP contribution in [0, 0.1) is 0 Å². The van der Waals surface area contributed by atoms with Crippen LogP contribution in [0.5, 0.6) is 0 Å². The highest BCUT2D eigenvalue weighted by Crippen LogP contribution is 2.26. The Morgan fingerprint density at radius 3 is 2.48 bits per heavy atom. The van der Waals surface area contributed by atoms with Crippen molar-refractivity contribution in [1.29, 1.82) is 0 Å². The molecule has 1 aliphatic heterocycles. The van der Waals surface area contributed by atoms with E-state index in [1.165, 1.54) is 0 Å². The molecular weight excluding hydrogens is 310 g/mol. The van der Waals surface area contributed by atoms with Gasteiger partial charge in [0.1, 0.15) is 4.75 Å². The number of aliphatic hydroxyl groups excluding tert-OH is 1. The molecule has 0 amide bonds. The normalized spacial score (nSPS) is 27.2. The van der Waals surface area contributed by atoms with Gasteiger partial charge in [-0.3, -0.25) is 0 Å². The predicted molar refractivity (Wildman–Crippen MR) is 94.3 cm³/mol. The fourth-order valence-corrected chi connectivity index (χ4v) is 4.12. The first-order chi connectivity index (χ1) is 10.8. The van der Waals surface area contributed by atoms with Gasteiger partial charge < -0.3 is 14.4 Å². The average Bonchev–Trinajstić information content (AvgIpc) is 2.49. The summed E-state index contributed by atoms with van der Waals surface area (Å²) in [4.78, 5) is 0. The van der Waals surface area contributed by atoms with Gasteiger partial charge in [-0.25, -0.2) is 0 Å². The molecule has 4 atom stereocenters. The molecule has 1 fully saturated rings. The lowest BCUT2D eigenvalue weighted by atomic mass is 10.0. The molecule has 130 valence electrons. The summed E-state index contributed by atoms with van der Waals surface area (Å²) in [7, 11) is 0. The number of hydrogen-bond acceptors (Lipinski definition) is 4. The minimum atomic E-state index is -1.11. The molecule has 5 heteroatoms. The van der Waals surface area contributed by atoms with Gasteiger partial charge in [0.05, 0.1) is 31.4 Å². The molecule has 0 spiro atoms. The maximum atomic E-state index is 12.9. The fraction of sp³-hybridized carbons (Fsp3) is 0.667. The van der Waals surface area contributed by atoms with E-state index in [1.54, 1.807) is 0 Å². The zero-order valence-electron chi connectivity index (χ0n) is 14.6. The van der Waals surface area contributed by atoms with E-state index in [0.717, 1.165) is 18.4 Å². The van der Waals surface area contributed by atoms with Crippen LogP contribution in [0.1, 0.15) is 46.1 Å². The predicted octanol–water partition coefficient (Wildman–Crippen LogP) is 2.88. The Hall–Kier alpha value is -0.590. The second kappa shape index (κ2) is 7.99. The highest BCUT2D eigenvalue weighted by atomic mass is 32.2. The van der Waals surface area contributed by atoms with Gasteiger partial charge in [0, 0.05) is 11.4 Å². The molecule has 1 aromatic rings. The van der Waals surface area contributed by atoms with Crippen LogP contribution in [0.25, 0.3) is 0 Å². The number of benzene rings is 1. The van der Waals surface area contributed by atoms with Gasteiger partial charge in [-0.05, 0) is 46.1 Å². The molecule has 0 aromatic heterocycles. The minimum Gasteiger partial charge on any atom is -0.597 e. The molecular formula is C18H29NO3S. The Kier molecular flexibility index (Phi) is 6.51. The summed E-state index contributed by atoms with van der Waals surface area (Å²) in [5.41, 5.74) is 1.15. The number of ether oxygens (including phenoxy) is 1. The quantitative estimate of drug-likeness (QED) is 0.838. The van der Waals surface area contributed by atoms with Gasteiger partial charge in [-0.2, -0.15) is 0 Å². The van der Waals surface area contributed by atoms with Crippen LogP contribution in [0.4, 0.5) is 0 Å². The van der Waals surface area contributed by atoms with Crippen molar-refractivity contribution in [2.24, 2.45) is 0 Å². The summed E-state index contributed by atoms with van der Waals surface area (Å²) in [6.07, 6.45) is 1.02. The van der Waals surface area contributed by atoms with Gasteiger partial charge in [-0.1, -0.05) is 30.3 Å². The van der Waals surface area contributed by atoms with Gasteiger partial charge in [0.2, 0.25) is 0 Å². The van der Waals surface area contributed by atoms with E-state index in [2.05, 4.69) is 12.1 Å². The average molecular weight is 340 g/mol. The standard InChI is InChI=1S/C18H29NO3S/c1-14-17(20)11-10-16(22-14)13-19(23(21)18(2,3)4)12-15-8-6-5-7-9-15/h5-9,14,16-17,20H,10-13H2,1-4H3. The van der Waals surface area contributed by atoms with Crippen molar-refractivity contribution in [1.82, 2.24) is 4.31 Å². The monoisotopic (exact) mass is 339 g/mol. The lowest BCUT2D eigenvalue weighted by Gasteiger charge is -2.37. The largest absolute Gasteiger partial charge is 0.597 e. The van der Waals surface area contributed by atoms with Crippen molar-refractivity contribution in [3.63, 3.8) is 0 Å². The molecule has 4 nitrogen and oxygen atoms in total. The van der Waals surface area contributed by atoms with E-state index in [-0.39, 0.29) is 23.1 Å². The van der Waals surface area contributed by atoms with Gasteiger partial charge in [0.15, 0.2) is 0 Å². The summed E-state index contributed by atoms with van der Waals surface area (Å²) in [6, 6.07) is 10.1. The summed E-state index contributed by atoms with van der Waals surface area (Å²) >= 11 is -1.11. The lowest BCUT2D eigenvalue weighted by Crippen LogP contribution is -2.48. The third-order valence-electron chi connectivity index (χ3n) is 4.10. The van der Waals surface area contributed by atoms with Gasteiger partial charge in [0.25, 0.3) is 0 Å². The van der Waals surface area contributed by atoms with Crippen LogP contribution in [0.15, 0.2) is 30.3 Å². The van der Waals surface area contributed by atoms with Crippen molar-refractivity contribution < 1.29 is 14.4 Å². The molecule has 4 unspecified atom stereocenters. The molecule has 0 saturated carbocycles. The highest BCUT2D eigenvalue weighted by molar-refractivity contribution is 7.90. The van der Waals surface area contributed by atoms with E-state index in [4.69, 9.17) is 4.74 Å². The minimum absolute atomic E-state index is 0.0170. The first-order valence-electron chi connectivity index (χ1n) is 8.32. The molecule has 1 aromatic carbocycles. The Bertz CT molecular complexity index is 477. The number of nitrogens with zero attached hydrogens (tertiary/aromatic N) is 1. The molecule has 1 aliphatic rings. The fourth-order valence-electron chi connectivity index (χ4n) is 2.78. The van der Waals surface area contributed by atoms with E-state index < -0.39 is 11.4 Å². The van der Waals surface area contributed by atoms with Crippen LogP contribution in [0.3, 0.4) is 0 Å². The molecule has 1 heterocycles. The molecule has 0 bridgehead atoms. The van der Waals surface area contributed by atoms with Crippen LogP contribution in [-0.4, -0.2) is 43.6 Å². The second-order valence-electron chi connectivity index (χ2n) is 7.28. The van der Waals surface area contributed by atoms with Crippen molar-refractivity contribution in [3.8, 4) is 0 Å². The maximum Gasteiger partial charge on any atom is 0.137 e. The van der Waals surface area contributed by atoms with Crippen LogP contribution < -0.4 is 0 Å². The molecule has 1 N–H and O–H groups in total. The van der Waals surface area contributed by atoms with E-state index in [0.29, 0.717) is 13.1 Å². The molecule has 0 radical (unpaired) electrons. The van der Waals surface area contributed by atoms with Crippen LogP contribution in [0.2, 0.25) is 0 Å². The van der Waals surface area contributed by atoms with Crippen molar-refractivity contribution in [2.75, 3.05) is 6.54 Å². The van der Waals surface area contributed by atoms with E-state index in [9.17, 15) is 9.66 Å². The zero-order chi connectivity index (χ0) is 17.0. The number of rotatable bonds is 5.